The second-order valence-electron chi connectivity index (χ2n) is 8.72. The summed E-state index contributed by atoms with van der Waals surface area (Å²) in [5.41, 5.74) is 3.21. The van der Waals surface area contributed by atoms with Gasteiger partial charge in [-0.3, -0.25) is 14.5 Å². The number of aryl methyl sites for hydroxylation is 1. The quantitative estimate of drug-likeness (QED) is 0.521. The van der Waals surface area contributed by atoms with E-state index in [9.17, 15) is 14.7 Å². The molecular weight excluding hydrogens is 440 g/mol. The number of aromatic hydroxyl groups is 1. The number of hydrogen-bond donors (Lipinski definition) is 2. The van der Waals surface area contributed by atoms with Crippen LogP contribution in [0.15, 0.2) is 54.6 Å². The van der Waals surface area contributed by atoms with E-state index < -0.39 is 0 Å². The number of rotatable bonds is 5. The predicted molar refractivity (Wildman–Crippen MR) is 131 cm³/mol. The van der Waals surface area contributed by atoms with Crippen molar-refractivity contribution >= 4 is 34.8 Å². The molecule has 2 N–H and O–H groups in total. The van der Waals surface area contributed by atoms with Gasteiger partial charge in [-0.25, -0.2) is 0 Å². The van der Waals surface area contributed by atoms with Crippen LogP contribution >= 0.6 is 11.6 Å². The Balaban J connectivity index is 1.27. The lowest BCUT2D eigenvalue weighted by Crippen LogP contribution is -2.51. The normalized spacial score (nSPS) is 19.1. The fourth-order valence-corrected chi connectivity index (χ4v) is 4.56. The van der Waals surface area contributed by atoms with Crippen molar-refractivity contribution in [2.24, 2.45) is 5.92 Å². The summed E-state index contributed by atoms with van der Waals surface area (Å²) >= 11 is 6.10. The van der Waals surface area contributed by atoms with E-state index >= 15 is 0 Å². The first-order valence-corrected chi connectivity index (χ1v) is 11.5. The second-order valence-corrected chi connectivity index (χ2v) is 9.16. The third kappa shape index (κ3) is 5.49. The maximum Gasteiger partial charge on any atom is 0.236 e. The van der Waals surface area contributed by atoms with Crippen molar-refractivity contribution in [2.75, 3.05) is 56.0 Å². The van der Waals surface area contributed by atoms with E-state index in [-0.39, 0.29) is 30.0 Å². The Morgan fingerprint density at radius 2 is 1.91 bits per heavy atom. The number of hydrogen-bond acceptors (Lipinski definition) is 5. The summed E-state index contributed by atoms with van der Waals surface area (Å²) in [4.78, 5) is 31.8. The van der Waals surface area contributed by atoms with Crippen molar-refractivity contribution in [1.29, 1.82) is 0 Å². The molecule has 7 nitrogen and oxygen atoms in total. The second kappa shape index (κ2) is 9.85. The molecule has 0 saturated carbocycles. The number of carbonyl (C=O) groups is 2. The molecule has 2 heterocycles. The van der Waals surface area contributed by atoms with E-state index in [1.54, 1.807) is 25.1 Å². The van der Waals surface area contributed by atoms with Gasteiger partial charge in [-0.1, -0.05) is 24.2 Å². The fraction of sp³-hybridized carbons (Fsp3) is 0.360. The van der Waals surface area contributed by atoms with Crippen molar-refractivity contribution in [1.82, 2.24) is 9.80 Å². The molecule has 0 spiro atoms. The molecule has 0 radical (unpaired) electrons. The van der Waals surface area contributed by atoms with E-state index in [0.29, 0.717) is 42.5 Å². The molecule has 2 aliphatic heterocycles. The maximum absolute atomic E-state index is 12.9. The summed E-state index contributed by atoms with van der Waals surface area (Å²) < 4.78 is 0. The van der Waals surface area contributed by atoms with Gasteiger partial charge in [0.25, 0.3) is 0 Å². The number of piperazine rings is 1. The third-order valence-electron chi connectivity index (χ3n) is 6.31. The molecule has 2 aliphatic rings. The van der Waals surface area contributed by atoms with Gasteiger partial charge in [0.05, 0.1) is 12.5 Å². The number of nitrogens with one attached hydrogen (secondary N) is 1. The summed E-state index contributed by atoms with van der Waals surface area (Å²) in [7, 11) is 0. The van der Waals surface area contributed by atoms with Gasteiger partial charge in [0.15, 0.2) is 0 Å². The molecule has 1 unspecified atom stereocenters. The van der Waals surface area contributed by atoms with E-state index in [1.807, 2.05) is 34.1 Å². The molecule has 2 amide bonds. The molecule has 2 aromatic carbocycles. The van der Waals surface area contributed by atoms with Gasteiger partial charge in [-0.15, -0.1) is 0 Å². The zero-order valence-corrected chi connectivity index (χ0v) is 19.5. The highest BCUT2D eigenvalue weighted by Gasteiger charge is 2.33. The Kier molecular flexibility index (Phi) is 6.91. The minimum atomic E-state index is -0.369. The zero-order chi connectivity index (χ0) is 23.5. The first-order valence-electron chi connectivity index (χ1n) is 11.1. The smallest absolute Gasteiger partial charge is 0.236 e. The lowest BCUT2D eigenvalue weighted by molar-refractivity contribution is -0.132. The molecule has 33 heavy (non-hydrogen) atoms. The topological polar surface area (TPSA) is 76.1 Å². The van der Waals surface area contributed by atoms with Gasteiger partial charge in [-0.05, 0) is 54.5 Å². The van der Waals surface area contributed by atoms with Crippen molar-refractivity contribution in [3.05, 3.63) is 65.2 Å². The van der Waals surface area contributed by atoms with E-state index in [4.69, 9.17) is 11.6 Å². The van der Waals surface area contributed by atoms with Crippen LogP contribution in [-0.2, 0) is 9.59 Å². The van der Waals surface area contributed by atoms with Crippen LogP contribution in [0.3, 0.4) is 0 Å². The summed E-state index contributed by atoms with van der Waals surface area (Å²) in [6, 6.07) is 12.7. The largest absolute Gasteiger partial charge is 0.508 e. The summed E-state index contributed by atoms with van der Waals surface area (Å²) in [5, 5.41) is 13.3. The van der Waals surface area contributed by atoms with Crippen LogP contribution in [0.4, 0.5) is 11.4 Å². The average Bonchev–Trinajstić information content (AvgIpc) is 3.16. The lowest BCUT2D eigenvalue weighted by atomic mass is 10.0. The minimum Gasteiger partial charge on any atom is -0.508 e. The summed E-state index contributed by atoms with van der Waals surface area (Å²) in [6.45, 7) is 9.95. The number of halogens is 1. The number of anilines is 2. The molecule has 2 saturated heterocycles. The van der Waals surface area contributed by atoms with Gasteiger partial charge < -0.3 is 20.2 Å². The van der Waals surface area contributed by atoms with Gasteiger partial charge in [-0.2, -0.15) is 0 Å². The Morgan fingerprint density at radius 3 is 2.61 bits per heavy atom. The average molecular weight is 469 g/mol. The number of carbonyl (C=O) groups excluding carboxylic acids is 2. The van der Waals surface area contributed by atoms with Crippen LogP contribution in [0.25, 0.3) is 0 Å². The van der Waals surface area contributed by atoms with Crippen LogP contribution in [0, 0.1) is 12.8 Å². The summed E-state index contributed by atoms with van der Waals surface area (Å²) in [6.07, 6.45) is 0. The van der Waals surface area contributed by atoms with Crippen LogP contribution in [0.5, 0.6) is 5.75 Å². The van der Waals surface area contributed by atoms with Crippen molar-refractivity contribution in [3.8, 4) is 5.75 Å². The van der Waals surface area contributed by atoms with Crippen LogP contribution in [0.1, 0.15) is 5.56 Å². The molecule has 8 heteroatoms. The van der Waals surface area contributed by atoms with Gasteiger partial charge >= 0.3 is 0 Å². The molecule has 0 bridgehead atoms. The number of nitrogens with zero attached hydrogens (tertiary/aromatic N) is 3. The lowest BCUT2D eigenvalue weighted by Gasteiger charge is -2.36. The SMILES string of the molecule is C=C1CN(CC(=O)N2CCN(c3cccc(Cl)c3)CC2)CC1C(=O)Nc1ccc(O)c(C)c1. The molecule has 1 atom stereocenters. The molecule has 0 aliphatic carbocycles. The molecule has 4 rings (SSSR count). The first-order chi connectivity index (χ1) is 15.8. The molecule has 2 aromatic rings. The number of benzene rings is 2. The minimum absolute atomic E-state index is 0.0729. The standard InChI is InChI=1S/C25H29ClN4O3/c1-17-12-20(6-7-23(17)31)27-25(33)22-15-28(14-18(22)2)16-24(32)30-10-8-29(9-11-30)21-5-3-4-19(26)13-21/h3-7,12-13,22,31H,2,8-11,14-16H2,1H3,(H,27,33). The molecule has 174 valence electrons. The Morgan fingerprint density at radius 1 is 1.15 bits per heavy atom. The van der Waals surface area contributed by atoms with E-state index in [0.717, 1.165) is 24.4 Å². The number of likely N-dealkylation sites (tertiary alicyclic amines) is 1. The van der Waals surface area contributed by atoms with Crippen LogP contribution in [0.2, 0.25) is 5.02 Å². The highest BCUT2D eigenvalue weighted by molar-refractivity contribution is 6.30. The van der Waals surface area contributed by atoms with Crippen LogP contribution in [-0.4, -0.2) is 72.5 Å². The summed E-state index contributed by atoms with van der Waals surface area (Å²) in [5.74, 6) is -0.248. The molecule has 2 fully saturated rings. The Bertz CT molecular complexity index is 1070. The van der Waals surface area contributed by atoms with E-state index in [2.05, 4.69) is 16.8 Å². The molecule has 0 aromatic heterocycles. The highest BCUT2D eigenvalue weighted by Crippen LogP contribution is 2.25. The van der Waals surface area contributed by atoms with E-state index in [1.165, 1.54) is 0 Å². The predicted octanol–water partition coefficient (Wildman–Crippen LogP) is 3.13. The van der Waals surface area contributed by atoms with Crippen molar-refractivity contribution in [3.63, 3.8) is 0 Å². The molecular formula is C25H29ClN4O3. The Hall–Kier alpha value is -3.03. The van der Waals surface area contributed by atoms with Crippen LogP contribution < -0.4 is 10.2 Å². The Labute approximate surface area is 199 Å². The third-order valence-corrected chi connectivity index (χ3v) is 6.54. The maximum atomic E-state index is 12.9. The number of phenolic OH excluding ortho intramolecular Hbond substituents is 1. The number of amides is 2. The van der Waals surface area contributed by atoms with Gasteiger partial charge in [0.1, 0.15) is 5.75 Å². The monoisotopic (exact) mass is 468 g/mol. The van der Waals surface area contributed by atoms with Crippen molar-refractivity contribution in [2.45, 2.75) is 6.92 Å². The highest BCUT2D eigenvalue weighted by atomic mass is 35.5. The zero-order valence-electron chi connectivity index (χ0n) is 18.8. The van der Waals surface area contributed by atoms with Gasteiger partial charge in [0.2, 0.25) is 11.8 Å². The first kappa shape index (κ1) is 23.1. The number of phenols is 1. The fourth-order valence-electron chi connectivity index (χ4n) is 4.38. The van der Waals surface area contributed by atoms with Crippen molar-refractivity contribution < 1.29 is 14.7 Å². The van der Waals surface area contributed by atoms with Gasteiger partial charge in [0, 0.05) is 55.7 Å².